The van der Waals surface area contributed by atoms with Crippen molar-refractivity contribution in [1.82, 2.24) is 0 Å². The lowest BCUT2D eigenvalue weighted by atomic mass is 9.64. The Balaban J connectivity index is 2.05. The summed E-state index contributed by atoms with van der Waals surface area (Å²) in [6.45, 7) is 7.00. The quantitative estimate of drug-likeness (QED) is 0.216. The van der Waals surface area contributed by atoms with Crippen LogP contribution in [0.15, 0.2) is 97.1 Å². The van der Waals surface area contributed by atoms with Crippen LogP contribution in [-0.2, 0) is 5.41 Å². The molecule has 0 spiro atoms. The van der Waals surface area contributed by atoms with Crippen LogP contribution in [0.5, 0.6) is 0 Å². The third-order valence-corrected chi connectivity index (χ3v) is 7.30. The lowest BCUT2D eigenvalue weighted by Gasteiger charge is -2.37. The highest BCUT2D eigenvalue weighted by Gasteiger charge is 2.38. The standard InChI is InChI=1S/C33H36O4/c1-21(34)25-5-13-29(14-6-25)33(30-15-7-26(8-16-30)22(2)35,31-17-9-27(10-18-31)23(3)36)32-19-11-28(12-20-32)24(4)37/h5-24,34-37H,1-4H3/t21-,22-,23-,24-/m0/s1. The number of hydrogen-bond donors (Lipinski definition) is 4. The Bertz CT molecular complexity index is 1070. The maximum absolute atomic E-state index is 10.1. The van der Waals surface area contributed by atoms with Gasteiger partial charge in [0.25, 0.3) is 0 Å². The Morgan fingerprint density at radius 1 is 0.351 bits per heavy atom. The van der Waals surface area contributed by atoms with Crippen molar-refractivity contribution in [2.75, 3.05) is 0 Å². The van der Waals surface area contributed by atoms with E-state index in [9.17, 15) is 20.4 Å². The molecule has 4 aromatic carbocycles. The molecule has 4 N–H and O–H groups in total. The molecule has 4 heteroatoms. The van der Waals surface area contributed by atoms with Gasteiger partial charge in [-0.05, 0) is 72.2 Å². The van der Waals surface area contributed by atoms with Gasteiger partial charge in [-0.1, -0.05) is 97.1 Å². The van der Waals surface area contributed by atoms with Crippen molar-refractivity contribution in [1.29, 1.82) is 0 Å². The largest absolute Gasteiger partial charge is 0.389 e. The molecule has 0 aliphatic carbocycles. The van der Waals surface area contributed by atoms with E-state index >= 15 is 0 Å². The molecule has 0 heterocycles. The van der Waals surface area contributed by atoms with Crippen molar-refractivity contribution in [3.05, 3.63) is 142 Å². The minimum absolute atomic E-state index is 0.579. The molecule has 0 radical (unpaired) electrons. The van der Waals surface area contributed by atoms with Crippen molar-refractivity contribution in [3.8, 4) is 0 Å². The highest BCUT2D eigenvalue weighted by molar-refractivity contribution is 5.60. The monoisotopic (exact) mass is 496 g/mol. The zero-order valence-corrected chi connectivity index (χ0v) is 21.8. The molecule has 4 nitrogen and oxygen atoms in total. The van der Waals surface area contributed by atoms with Gasteiger partial charge < -0.3 is 20.4 Å². The Hall–Kier alpha value is -3.28. The molecular weight excluding hydrogens is 460 g/mol. The van der Waals surface area contributed by atoms with Crippen LogP contribution < -0.4 is 0 Å². The van der Waals surface area contributed by atoms with Crippen molar-refractivity contribution in [2.24, 2.45) is 0 Å². The van der Waals surface area contributed by atoms with Crippen LogP contribution in [0.1, 0.15) is 96.6 Å². The van der Waals surface area contributed by atoms with E-state index < -0.39 is 29.8 Å². The van der Waals surface area contributed by atoms with E-state index in [1.807, 2.05) is 48.5 Å². The van der Waals surface area contributed by atoms with E-state index in [1.54, 1.807) is 27.7 Å². The van der Waals surface area contributed by atoms with Crippen molar-refractivity contribution >= 4 is 0 Å². The molecule has 37 heavy (non-hydrogen) atoms. The molecule has 4 aromatic rings. The summed E-state index contributed by atoms with van der Waals surface area (Å²) in [6, 6.07) is 32.0. The first-order valence-corrected chi connectivity index (χ1v) is 12.8. The summed E-state index contributed by atoms with van der Waals surface area (Å²) in [7, 11) is 0. The maximum Gasteiger partial charge on any atom is 0.0761 e. The fourth-order valence-electron chi connectivity index (χ4n) is 5.05. The molecule has 4 rings (SSSR count). The molecule has 4 atom stereocenters. The van der Waals surface area contributed by atoms with E-state index in [-0.39, 0.29) is 0 Å². The fraction of sp³-hybridized carbons (Fsp3) is 0.273. The van der Waals surface area contributed by atoms with Crippen LogP contribution in [0.3, 0.4) is 0 Å². The summed E-state index contributed by atoms with van der Waals surface area (Å²) in [6.07, 6.45) is -2.32. The predicted molar refractivity (Wildman–Crippen MR) is 147 cm³/mol. The number of rotatable bonds is 8. The van der Waals surface area contributed by atoms with Crippen LogP contribution in [-0.4, -0.2) is 20.4 Å². The predicted octanol–water partition coefficient (Wildman–Crippen LogP) is 6.28. The molecule has 192 valence electrons. The lowest BCUT2D eigenvalue weighted by Crippen LogP contribution is -2.31. The Labute approximate surface area is 219 Å². The Morgan fingerprint density at radius 3 is 0.649 bits per heavy atom. The number of aliphatic hydroxyl groups is 4. The normalized spacial score (nSPS) is 15.1. The van der Waals surface area contributed by atoms with E-state index in [2.05, 4.69) is 48.5 Å². The van der Waals surface area contributed by atoms with Gasteiger partial charge in [0.05, 0.1) is 29.8 Å². The molecule has 0 saturated carbocycles. The maximum atomic E-state index is 10.1. The average Bonchev–Trinajstić information content (AvgIpc) is 2.90. The zero-order chi connectivity index (χ0) is 26.7. The van der Waals surface area contributed by atoms with E-state index in [0.717, 1.165) is 44.5 Å². The van der Waals surface area contributed by atoms with Crippen LogP contribution in [0.2, 0.25) is 0 Å². The Morgan fingerprint density at radius 2 is 0.514 bits per heavy atom. The lowest BCUT2D eigenvalue weighted by molar-refractivity contribution is 0.199. The second-order valence-electron chi connectivity index (χ2n) is 9.94. The summed E-state index contributed by atoms with van der Waals surface area (Å²) in [5.41, 5.74) is 6.63. The highest BCUT2D eigenvalue weighted by Crippen LogP contribution is 2.46. The fourth-order valence-corrected chi connectivity index (χ4v) is 5.05. The summed E-state index contributed by atoms with van der Waals surface area (Å²) in [5, 5.41) is 40.6. The highest BCUT2D eigenvalue weighted by atomic mass is 16.3. The first kappa shape index (κ1) is 26.8. The second kappa shape index (κ2) is 11.0. The van der Waals surface area contributed by atoms with Gasteiger partial charge in [0, 0.05) is 0 Å². The van der Waals surface area contributed by atoms with E-state index in [0.29, 0.717) is 0 Å². The zero-order valence-electron chi connectivity index (χ0n) is 21.8. The molecule has 0 aromatic heterocycles. The third kappa shape index (κ3) is 5.25. The number of aliphatic hydroxyl groups excluding tert-OH is 4. The van der Waals surface area contributed by atoms with Gasteiger partial charge in [0.1, 0.15) is 0 Å². The van der Waals surface area contributed by atoms with Gasteiger partial charge in [-0.2, -0.15) is 0 Å². The second-order valence-corrected chi connectivity index (χ2v) is 9.94. The molecule has 0 amide bonds. The molecule has 0 saturated heterocycles. The van der Waals surface area contributed by atoms with Crippen molar-refractivity contribution < 1.29 is 20.4 Å². The van der Waals surface area contributed by atoms with Gasteiger partial charge in [-0.15, -0.1) is 0 Å². The Kier molecular flexibility index (Phi) is 7.96. The molecular formula is C33H36O4. The van der Waals surface area contributed by atoms with Gasteiger partial charge in [0.15, 0.2) is 0 Å². The number of hydrogen-bond acceptors (Lipinski definition) is 4. The van der Waals surface area contributed by atoms with Gasteiger partial charge in [-0.25, -0.2) is 0 Å². The first-order chi connectivity index (χ1) is 17.6. The summed E-state index contributed by atoms with van der Waals surface area (Å²) in [5.74, 6) is 0. The third-order valence-electron chi connectivity index (χ3n) is 7.30. The molecule has 0 aliphatic rings. The summed E-state index contributed by atoms with van der Waals surface area (Å²) in [4.78, 5) is 0. The van der Waals surface area contributed by atoms with Gasteiger partial charge >= 0.3 is 0 Å². The molecule has 0 unspecified atom stereocenters. The van der Waals surface area contributed by atoms with Crippen molar-refractivity contribution in [2.45, 2.75) is 57.5 Å². The average molecular weight is 497 g/mol. The number of benzene rings is 4. The van der Waals surface area contributed by atoms with Crippen LogP contribution in [0.25, 0.3) is 0 Å². The first-order valence-electron chi connectivity index (χ1n) is 12.8. The summed E-state index contributed by atoms with van der Waals surface area (Å²) < 4.78 is 0. The topological polar surface area (TPSA) is 80.9 Å². The molecule has 0 bridgehead atoms. The van der Waals surface area contributed by atoms with Gasteiger partial charge in [0.2, 0.25) is 0 Å². The van der Waals surface area contributed by atoms with Crippen LogP contribution in [0.4, 0.5) is 0 Å². The summed E-state index contributed by atoms with van der Waals surface area (Å²) >= 11 is 0. The minimum atomic E-state index is -0.733. The smallest absolute Gasteiger partial charge is 0.0761 e. The van der Waals surface area contributed by atoms with Crippen LogP contribution >= 0.6 is 0 Å². The SMILES string of the molecule is C[C@H](O)c1ccc(C(c2ccc([C@H](C)O)cc2)(c2ccc([C@H](C)O)cc2)c2ccc([C@H](C)O)cc2)cc1. The van der Waals surface area contributed by atoms with E-state index in [4.69, 9.17) is 0 Å². The molecule has 0 fully saturated rings. The molecule has 0 aliphatic heterocycles. The minimum Gasteiger partial charge on any atom is -0.389 e. The van der Waals surface area contributed by atoms with Crippen molar-refractivity contribution in [3.63, 3.8) is 0 Å². The van der Waals surface area contributed by atoms with E-state index in [1.165, 1.54) is 0 Å². The van der Waals surface area contributed by atoms with Gasteiger partial charge in [-0.3, -0.25) is 0 Å². The van der Waals surface area contributed by atoms with Crippen LogP contribution in [0, 0.1) is 0 Å².